The number of β-amino-alcohol motifs (C(OH)–C–C–N with tert-alkyl or cyclic N) is 1. The van der Waals surface area contributed by atoms with E-state index < -0.39 is 5.60 Å². The molecule has 5 heteroatoms. The molecular weight excluding hydrogens is 264 g/mol. The molecule has 3 rings (SSSR count). The zero-order valence-electron chi connectivity index (χ0n) is 12.9. The lowest BCUT2D eigenvalue weighted by Crippen LogP contribution is -2.43. The molecule has 2 heterocycles. The molecule has 1 fully saturated rings. The molecule has 0 amide bonds. The summed E-state index contributed by atoms with van der Waals surface area (Å²) in [5.41, 5.74) is 3.23. The number of aromatic nitrogens is 2. The van der Waals surface area contributed by atoms with Crippen molar-refractivity contribution in [3.05, 3.63) is 22.8 Å². The van der Waals surface area contributed by atoms with Gasteiger partial charge in [-0.3, -0.25) is 0 Å². The number of aliphatic hydroxyl groups is 1. The first-order chi connectivity index (χ1) is 10.2. The highest BCUT2D eigenvalue weighted by atomic mass is 16.3. The fraction of sp³-hybridized carbons (Fsp3) is 0.750. The second-order valence-electron chi connectivity index (χ2n) is 6.44. The Hall–Kier alpha value is -1.04. The van der Waals surface area contributed by atoms with E-state index in [0.717, 1.165) is 50.3 Å². The first kappa shape index (κ1) is 14.9. The Morgan fingerprint density at radius 2 is 2.14 bits per heavy atom. The maximum Gasteiger partial charge on any atom is 0.130 e. The van der Waals surface area contributed by atoms with E-state index in [1.807, 2.05) is 0 Å². The van der Waals surface area contributed by atoms with Crippen molar-refractivity contribution < 1.29 is 5.11 Å². The minimum absolute atomic E-state index is 0.577. The summed E-state index contributed by atoms with van der Waals surface area (Å²) in [4.78, 5) is 9.38. The van der Waals surface area contributed by atoms with Crippen LogP contribution in [0.4, 0.5) is 0 Å². The van der Waals surface area contributed by atoms with Crippen molar-refractivity contribution in [2.75, 3.05) is 26.2 Å². The lowest BCUT2D eigenvalue weighted by molar-refractivity contribution is 0.0614. The number of aryl methyl sites for hydroxylation is 2. The molecule has 5 nitrogen and oxygen atoms in total. The van der Waals surface area contributed by atoms with Crippen LogP contribution < -0.4 is 10.6 Å². The second-order valence-corrected chi connectivity index (χ2v) is 6.44. The number of hydrogen-bond acceptors (Lipinski definition) is 5. The number of hydrogen-bond donors (Lipinski definition) is 3. The van der Waals surface area contributed by atoms with Gasteiger partial charge in [0, 0.05) is 37.4 Å². The summed E-state index contributed by atoms with van der Waals surface area (Å²) in [5.74, 6) is 0.942. The molecule has 3 N–H and O–H groups in total. The largest absolute Gasteiger partial charge is 0.387 e. The van der Waals surface area contributed by atoms with Crippen molar-refractivity contribution >= 4 is 0 Å². The van der Waals surface area contributed by atoms with Gasteiger partial charge in [0.2, 0.25) is 0 Å². The minimum Gasteiger partial charge on any atom is -0.387 e. The fourth-order valence-electron chi connectivity index (χ4n) is 3.36. The molecular formula is C16H26N4O. The van der Waals surface area contributed by atoms with Gasteiger partial charge in [-0.05, 0) is 51.1 Å². The van der Waals surface area contributed by atoms with E-state index in [2.05, 4.69) is 22.5 Å². The lowest BCUT2D eigenvalue weighted by atomic mass is 9.95. The highest BCUT2D eigenvalue weighted by molar-refractivity contribution is 5.27. The Bertz CT molecular complexity index is 497. The average Bonchev–Trinajstić information content (AvgIpc) is 2.91. The van der Waals surface area contributed by atoms with Crippen molar-refractivity contribution in [3.8, 4) is 0 Å². The van der Waals surface area contributed by atoms with Crippen LogP contribution in [0, 0.1) is 6.92 Å². The van der Waals surface area contributed by atoms with Gasteiger partial charge in [-0.1, -0.05) is 0 Å². The number of fused-ring (bicyclic) bond motifs is 1. The normalized spacial score (nSPS) is 25.0. The van der Waals surface area contributed by atoms with Crippen molar-refractivity contribution in [1.82, 2.24) is 20.6 Å². The molecule has 1 atom stereocenters. The zero-order chi connectivity index (χ0) is 14.7. The topological polar surface area (TPSA) is 70.1 Å². The number of nitrogens with zero attached hydrogens (tertiary/aromatic N) is 2. The third kappa shape index (κ3) is 3.59. The van der Waals surface area contributed by atoms with E-state index in [-0.39, 0.29) is 0 Å². The maximum absolute atomic E-state index is 10.2. The number of rotatable bonds is 5. The van der Waals surface area contributed by atoms with Gasteiger partial charge in [-0.2, -0.15) is 0 Å². The molecule has 1 aliphatic carbocycles. The first-order valence-corrected chi connectivity index (χ1v) is 8.15. The van der Waals surface area contributed by atoms with E-state index in [1.54, 1.807) is 0 Å². The van der Waals surface area contributed by atoms with Crippen molar-refractivity contribution in [2.45, 2.75) is 51.0 Å². The molecule has 0 spiro atoms. The van der Waals surface area contributed by atoms with Crippen molar-refractivity contribution in [2.24, 2.45) is 0 Å². The molecule has 2 aliphatic rings. The molecule has 0 aromatic carbocycles. The molecule has 116 valence electrons. The Morgan fingerprint density at radius 3 is 2.95 bits per heavy atom. The van der Waals surface area contributed by atoms with E-state index >= 15 is 0 Å². The quantitative estimate of drug-likeness (QED) is 0.690. The van der Waals surface area contributed by atoms with Gasteiger partial charge in [0.1, 0.15) is 5.82 Å². The summed E-state index contributed by atoms with van der Waals surface area (Å²) in [7, 11) is 0. The smallest absolute Gasteiger partial charge is 0.130 e. The molecule has 21 heavy (non-hydrogen) atoms. The van der Waals surface area contributed by atoms with Crippen LogP contribution in [0.5, 0.6) is 0 Å². The molecule has 0 radical (unpaired) electrons. The van der Waals surface area contributed by atoms with Crippen LogP contribution in [0.25, 0.3) is 0 Å². The lowest BCUT2D eigenvalue weighted by Gasteiger charge is -2.21. The van der Waals surface area contributed by atoms with E-state index in [1.165, 1.54) is 24.1 Å². The maximum atomic E-state index is 10.2. The Balaban J connectivity index is 1.52. The van der Waals surface area contributed by atoms with Crippen LogP contribution in [0.3, 0.4) is 0 Å². The van der Waals surface area contributed by atoms with E-state index in [4.69, 9.17) is 4.98 Å². The van der Waals surface area contributed by atoms with Crippen molar-refractivity contribution in [1.29, 1.82) is 0 Å². The number of nitrogens with one attached hydrogen (secondary N) is 2. The summed E-state index contributed by atoms with van der Waals surface area (Å²) in [6.45, 7) is 5.17. The Kier molecular flexibility index (Phi) is 4.52. The van der Waals surface area contributed by atoms with Gasteiger partial charge >= 0.3 is 0 Å². The molecule has 1 aliphatic heterocycles. The summed E-state index contributed by atoms with van der Waals surface area (Å²) in [6.07, 6.45) is 6.42. The van der Waals surface area contributed by atoms with Crippen LogP contribution in [0.2, 0.25) is 0 Å². The van der Waals surface area contributed by atoms with E-state index in [0.29, 0.717) is 13.1 Å². The molecule has 1 saturated heterocycles. The van der Waals surface area contributed by atoms with Gasteiger partial charge in [0.05, 0.1) is 5.60 Å². The van der Waals surface area contributed by atoms with Crippen LogP contribution in [-0.4, -0.2) is 46.9 Å². The molecule has 1 aromatic rings. The molecule has 0 unspecified atom stereocenters. The van der Waals surface area contributed by atoms with Crippen LogP contribution in [-0.2, 0) is 19.3 Å². The van der Waals surface area contributed by atoms with Gasteiger partial charge in [0.15, 0.2) is 0 Å². The third-order valence-electron chi connectivity index (χ3n) is 4.64. The highest BCUT2D eigenvalue weighted by Gasteiger charge is 2.30. The SMILES string of the molecule is Cc1nc(CCNC[C@]2(O)CCNC2)nc2c1CCCC2. The summed E-state index contributed by atoms with van der Waals surface area (Å²) >= 11 is 0. The van der Waals surface area contributed by atoms with Gasteiger partial charge < -0.3 is 15.7 Å². The predicted octanol–water partition coefficient (Wildman–Crippen LogP) is 0.520. The van der Waals surface area contributed by atoms with Gasteiger partial charge in [-0.15, -0.1) is 0 Å². The zero-order valence-corrected chi connectivity index (χ0v) is 12.9. The van der Waals surface area contributed by atoms with Crippen LogP contribution >= 0.6 is 0 Å². The standard InChI is InChI=1S/C16H26N4O/c1-12-13-4-2-3-5-14(13)20-15(19-12)6-8-17-10-16(21)7-9-18-11-16/h17-18,21H,2-11H2,1H3/t16-/m1/s1. The van der Waals surface area contributed by atoms with Crippen LogP contribution in [0.15, 0.2) is 0 Å². The second kappa shape index (κ2) is 6.38. The third-order valence-corrected chi connectivity index (χ3v) is 4.64. The van der Waals surface area contributed by atoms with E-state index in [9.17, 15) is 5.11 Å². The minimum atomic E-state index is -0.577. The predicted molar refractivity (Wildman–Crippen MR) is 82.4 cm³/mol. The summed E-state index contributed by atoms with van der Waals surface area (Å²) in [6, 6.07) is 0. The highest BCUT2D eigenvalue weighted by Crippen LogP contribution is 2.21. The summed E-state index contributed by atoms with van der Waals surface area (Å²) in [5, 5.41) is 16.8. The Labute approximate surface area is 126 Å². The van der Waals surface area contributed by atoms with Gasteiger partial charge in [0.25, 0.3) is 0 Å². The molecule has 1 aromatic heterocycles. The van der Waals surface area contributed by atoms with Crippen molar-refractivity contribution in [3.63, 3.8) is 0 Å². The first-order valence-electron chi connectivity index (χ1n) is 8.15. The van der Waals surface area contributed by atoms with Gasteiger partial charge in [-0.25, -0.2) is 9.97 Å². The fourth-order valence-corrected chi connectivity index (χ4v) is 3.36. The Morgan fingerprint density at radius 1 is 1.29 bits per heavy atom. The van der Waals surface area contributed by atoms with Crippen LogP contribution in [0.1, 0.15) is 42.0 Å². The molecule has 0 saturated carbocycles. The monoisotopic (exact) mass is 290 g/mol. The molecule has 0 bridgehead atoms. The summed E-state index contributed by atoms with van der Waals surface area (Å²) < 4.78 is 0. The average molecular weight is 290 g/mol.